The molecule has 164 valence electrons. The molecule has 1 aliphatic heterocycles. The van der Waals surface area contributed by atoms with Crippen LogP contribution in [0.2, 0.25) is 0 Å². The minimum Gasteiger partial charge on any atom is -0.338 e. The number of carbonyl (C=O) groups is 1. The molecule has 0 radical (unpaired) electrons. The van der Waals surface area contributed by atoms with Gasteiger partial charge in [0.05, 0.1) is 17.3 Å². The van der Waals surface area contributed by atoms with Gasteiger partial charge in [0.1, 0.15) is 0 Å². The molecule has 1 aliphatic rings. The van der Waals surface area contributed by atoms with Gasteiger partial charge >= 0.3 is 5.69 Å². The van der Waals surface area contributed by atoms with E-state index in [1.165, 1.54) is 16.3 Å². The van der Waals surface area contributed by atoms with Crippen LogP contribution in [0, 0.1) is 5.92 Å². The maximum absolute atomic E-state index is 12.9. The zero-order valence-electron chi connectivity index (χ0n) is 17.3. The number of H-pyrrole nitrogens is 1. The molecule has 1 N–H and O–H groups in total. The summed E-state index contributed by atoms with van der Waals surface area (Å²) in [7, 11) is -3.08. The highest BCUT2D eigenvalue weighted by Crippen LogP contribution is 2.22. The van der Waals surface area contributed by atoms with Crippen molar-refractivity contribution in [2.45, 2.75) is 44.4 Å². The molecule has 30 heavy (non-hydrogen) atoms. The number of rotatable bonds is 9. The second-order valence-electron chi connectivity index (χ2n) is 7.98. The Labute approximate surface area is 181 Å². The Balaban J connectivity index is 1.64. The topological polar surface area (TPSA) is 105 Å². The van der Waals surface area contributed by atoms with Crippen LogP contribution in [0.4, 0.5) is 0 Å². The number of nitrogens with zero attached hydrogens (tertiary/aromatic N) is 3. The van der Waals surface area contributed by atoms with Gasteiger partial charge in [-0.25, -0.2) is 18.3 Å². The van der Waals surface area contributed by atoms with Gasteiger partial charge in [-0.3, -0.25) is 9.36 Å². The Morgan fingerprint density at radius 3 is 2.70 bits per heavy atom. The fourth-order valence-corrected chi connectivity index (χ4v) is 6.16. The number of aromatic nitrogens is 3. The highest BCUT2D eigenvalue weighted by Gasteiger charge is 2.34. The van der Waals surface area contributed by atoms with E-state index in [1.54, 1.807) is 4.90 Å². The van der Waals surface area contributed by atoms with E-state index in [0.29, 0.717) is 31.1 Å². The third-order valence-electron chi connectivity index (χ3n) is 5.05. The molecule has 0 spiro atoms. The summed E-state index contributed by atoms with van der Waals surface area (Å²) in [6.07, 6.45) is 1.16. The normalized spacial score (nSPS) is 18.0. The number of aryl methyl sites for hydroxylation is 1. The van der Waals surface area contributed by atoms with Crippen molar-refractivity contribution in [3.8, 4) is 0 Å². The number of thioether (sulfide) groups is 1. The molecule has 10 heteroatoms. The van der Waals surface area contributed by atoms with E-state index in [4.69, 9.17) is 0 Å². The number of sulfone groups is 1. The number of carbonyl (C=O) groups excluding carboxylic acids is 1. The van der Waals surface area contributed by atoms with Crippen molar-refractivity contribution in [3.05, 3.63) is 46.4 Å². The monoisotopic (exact) mass is 452 g/mol. The van der Waals surface area contributed by atoms with Crippen LogP contribution in [-0.2, 0) is 27.6 Å². The first-order valence-corrected chi connectivity index (χ1v) is 12.9. The molecule has 1 saturated heterocycles. The Bertz CT molecular complexity index is 1010. The van der Waals surface area contributed by atoms with Gasteiger partial charge in [-0.1, -0.05) is 55.9 Å². The summed E-state index contributed by atoms with van der Waals surface area (Å²) >= 11 is 1.21. The van der Waals surface area contributed by atoms with Gasteiger partial charge in [0, 0.05) is 19.1 Å². The molecular formula is C20H28N4O4S2. The van der Waals surface area contributed by atoms with Crippen molar-refractivity contribution in [3.63, 3.8) is 0 Å². The zero-order chi connectivity index (χ0) is 21.7. The number of aromatic amines is 1. The molecule has 1 aromatic heterocycles. The van der Waals surface area contributed by atoms with Crippen LogP contribution in [-0.4, -0.2) is 63.8 Å². The average molecular weight is 453 g/mol. The minimum absolute atomic E-state index is 0.0281. The molecule has 1 aromatic carbocycles. The Hall–Kier alpha value is -2.07. The predicted molar refractivity (Wildman–Crippen MR) is 117 cm³/mol. The average Bonchev–Trinajstić information content (AvgIpc) is 3.24. The third kappa shape index (κ3) is 5.98. The van der Waals surface area contributed by atoms with E-state index in [0.717, 1.165) is 5.56 Å². The van der Waals surface area contributed by atoms with Crippen molar-refractivity contribution in [2.75, 3.05) is 23.8 Å². The van der Waals surface area contributed by atoms with Crippen LogP contribution in [0.15, 0.2) is 40.3 Å². The fourth-order valence-electron chi connectivity index (χ4n) is 3.57. The molecular weight excluding hydrogens is 424 g/mol. The number of nitrogens with one attached hydrogen (secondary N) is 1. The lowest BCUT2D eigenvalue weighted by molar-refractivity contribution is -0.130. The number of hydrogen-bond acceptors (Lipinski definition) is 6. The molecule has 0 unspecified atom stereocenters. The van der Waals surface area contributed by atoms with E-state index in [-0.39, 0.29) is 40.8 Å². The van der Waals surface area contributed by atoms with Gasteiger partial charge in [0.25, 0.3) is 0 Å². The van der Waals surface area contributed by atoms with Gasteiger partial charge in [0.2, 0.25) is 5.91 Å². The van der Waals surface area contributed by atoms with Gasteiger partial charge < -0.3 is 4.90 Å². The van der Waals surface area contributed by atoms with E-state index in [9.17, 15) is 18.0 Å². The first kappa shape index (κ1) is 22.6. The van der Waals surface area contributed by atoms with Crippen molar-refractivity contribution in [1.82, 2.24) is 19.7 Å². The smallest absolute Gasteiger partial charge is 0.338 e. The van der Waals surface area contributed by atoms with Gasteiger partial charge in [-0.05, 0) is 24.3 Å². The molecule has 1 atom stereocenters. The van der Waals surface area contributed by atoms with Crippen molar-refractivity contribution >= 4 is 27.5 Å². The summed E-state index contributed by atoms with van der Waals surface area (Å²) in [4.78, 5) is 26.8. The fraction of sp³-hybridized carbons (Fsp3) is 0.550. The number of amides is 1. The summed E-state index contributed by atoms with van der Waals surface area (Å²) in [5.74, 6) is 0.377. The minimum atomic E-state index is -3.08. The Kier molecular flexibility index (Phi) is 7.41. The largest absolute Gasteiger partial charge is 0.343 e. The first-order valence-electron chi connectivity index (χ1n) is 10.1. The number of hydrogen-bond donors (Lipinski definition) is 1. The summed E-state index contributed by atoms with van der Waals surface area (Å²) in [5, 5.41) is 6.99. The summed E-state index contributed by atoms with van der Waals surface area (Å²) in [6, 6.07) is 9.58. The van der Waals surface area contributed by atoms with Crippen molar-refractivity contribution in [2.24, 2.45) is 5.92 Å². The molecule has 1 amide bonds. The Morgan fingerprint density at radius 1 is 1.33 bits per heavy atom. The van der Waals surface area contributed by atoms with Gasteiger partial charge in [-0.2, -0.15) is 0 Å². The van der Waals surface area contributed by atoms with E-state index in [1.807, 2.05) is 44.2 Å². The zero-order valence-corrected chi connectivity index (χ0v) is 18.9. The second-order valence-corrected chi connectivity index (χ2v) is 11.2. The lowest BCUT2D eigenvalue weighted by Crippen LogP contribution is -2.44. The van der Waals surface area contributed by atoms with Crippen LogP contribution in [0.25, 0.3) is 0 Å². The third-order valence-corrected chi connectivity index (χ3v) is 7.76. The molecule has 0 saturated carbocycles. The van der Waals surface area contributed by atoms with Crippen molar-refractivity contribution in [1.29, 1.82) is 0 Å². The van der Waals surface area contributed by atoms with E-state index >= 15 is 0 Å². The predicted octanol–water partition coefficient (Wildman–Crippen LogP) is 1.58. The van der Waals surface area contributed by atoms with Crippen LogP contribution < -0.4 is 5.69 Å². The maximum atomic E-state index is 12.9. The SMILES string of the molecule is CC(C)CN(C(=O)CSc1n[nH]c(=O)n1CCc1ccccc1)[C@@H]1CCS(=O)(=O)C1. The lowest BCUT2D eigenvalue weighted by atomic mass is 10.1. The summed E-state index contributed by atoms with van der Waals surface area (Å²) in [5.41, 5.74) is 0.810. The van der Waals surface area contributed by atoms with Crippen LogP contribution in [0.3, 0.4) is 0 Å². The lowest BCUT2D eigenvalue weighted by Gasteiger charge is -2.29. The van der Waals surface area contributed by atoms with Gasteiger partial charge in [-0.15, -0.1) is 5.10 Å². The molecule has 0 bridgehead atoms. The van der Waals surface area contributed by atoms with E-state index < -0.39 is 9.84 Å². The highest BCUT2D eigenvalue weighted by atomic mass is 32.2. The molecule has 3 rings (SSSR count). The molecule has 8 nitrogen and oxygen atoms in total. The summed E-state index contributed by atoms with van der Waals surface area (Å²) < 4.78 is 25.3. The molecule has 2 heterocycles. The quantitative estimate of drug-likeness (QED) is 0.579. The standard InChI is InChI=1S/C20H28N4O4S2/c1-15(2)12-24(17-9-11-30(27,28)14-17)18(25)13-29-20-22-21-19(26)23(20)10-8-16-6-4-3-5-7-16/h3-7,15,17H,8-14H2,1-2H3,(H,21,26)/t17-/m1/s1. The van der Waals surface area contributed by atoms with Crippen LogP contribution >= 0.6 is 11.8 Å². The number of benzene rings is 1. The van der Waals surface area contributed by atoms with E-state index in [2.05, 4.69) is 10.2 Å². The summed E-state index contributed by atoms with van der Waals surface area (Å²) in [6.45, 7) is 4.99. The molecule has 0 aliphatic carbocycles. The van der Waals surface area contributed by atoms with Crippen molar-refractivity contribution < 1.29 is 13.2 Å². The van der Waals surface area contributed by atoms with Crippen LogP contribution in [0.5, 0.6) is 0 Å². The van der Waals surface area contributed by atoms with Crippen LogP contribution in [0.1, 0.15) is 25.8 Å². The highest BCUT2D eigenvalue weighted by molar-refractivity contribution is 7.99. The Morgan fingerprint density at radius 2 is 2.07 bits per heavy atom. The van der Waals surface area contributed by atoms with Gasteiger partial charge in [0.15, 0.2) is 15.0 Å². The molecule has 2 aromatic rings. The first-order chi connectivity index (χ1) is 14.2. The second kappa shape index (κ2) is 9.82. The maximum Gasteiger partial charge on any atom is 0.343 e. The molecule has 1 fully saturated rings.